The van der Waals surface area contributed by atoms with Crippen molar-refractivity contribution in [1.29, 1.82) is 0 Å². The van der Waals surface area contributed by atoms with Gasteiger partial charge in [0.25, 0.3) is 0 Å². The lowest BCUT2D eigenvalue weighted by molar-refractivity contribution is 0.320. The monoisotopic (exact) mass is 303 g/mol. The minimum Gasteiger partial charge on any atom is -0.381 e. The van der Waals surface area contributed by atoms with Crippen LogP contribution in [-0.2, 0) is 6.42 Å². The van der Waals surface area contributed by atoms with Gasteiger partial charge < -0.3 is 5.32 Å². The lowest BCUT2D eigenvalue weighted by Gasteiger charge is -2.37. The van der Waals surface area contributed by atoms with Crippen molar-refractivity contribution in [2.24, 2.45) is 5.41 Å². The molecule has 1 aliphatic rings. The zero-order valence-corrected chi connectivity index (χ0v) is 11.8. The minimum absolute atomic E-state index is 0.0992. The first-order valence-corrected chi connectivity index (χ1v) is 6.53. The van der Waals surface area contributed by atoms with Crippen LogP contribution in [-0.4, -0.2) is 6.04 Å². The summed E-state index contributed by atoms with van der Waals surface area (Å²) >= 11 is 3.13. The lowest BCUT2D eigenvalue weighted by atomic mass is 9.81. The fraction of sp³-hybridized carbons (Fsp3) is 0.538. The first-order valence-electron chi connectivity index (χ1n) is 5.73. The van der Waals surface area contributed by atoms with Gasteiger partial charge in [-0.3, -0.25) is 0 Å². The van der Waals surface area contributed by atoms with Gasteiger partial charge in [-0.1, -0.05) is 20.8 Å². The Morgan fingerprint density at radius 3 is 2.59 bits per heavy atom. The average Bonchev–Trinajstić information content (AvgIpc) is 2.24. The molecule has 0 aliphatic carbocycles. The van der Waals surface area contributed by atoms with Crippen LogP contribution in [0.25, 0.3) is 0 Å². The molecule has 17 heavy (non-hydrogen) atoms. The van der Waals surface area contributed by atoms with Crippen LogP contribution < -0.4 is 5.32 Å². The molecule has 1 nitrogen and oxygen atoms in total. The first-order chi connectivity index (χ1) is 7.80. The molecule has 1 unspecified atom stereocenters. The second-order valence-corrected chi connectivity index (χ2v) is 6.42. The topological polar surface area (TPSA) is 12.0 Å². The molecule has 0 spiro atoms. The van der Waals surface area contributed by atoms with Crippen molar-refractivity contribution in [3.8, 4) is 0 Å². The van der Waals surface area contributed by atoms with Gasteiger partial charge in [-0.15, -0.1) is 0 Å². The van der Waals surface area contributed by atoms with Crippen molar-refractivity contribution in [3.05, 3.63) is 27.7 Å². The summed E-state index contributed by atoms with van der Waals surface area (Å²) in [6.07, 6.45) is 1.72. The van der Waals surface area contributed by atoms with Gasteiger partial charge in [0.05, 0.1) is 10.2 Å². The van der Waals surface area contributed by atoms with E-state index in [4.69, 9.17) is 0 Å². The summed E-state index contributed by atoms with van der Waals surface area (Å²) in [4.78, 5) is 0. The number of halogens is 3. The van der Waals surface area contributed by atoms with Gasteiger partial charge in [0, 0.05) is 6.04 Å². The highest BCUT2D eigenvalue weighted by Gasteiger charge is 2.30. The SMILES string of the molecule is CC(C)(C)C1CCc2cc(F)c(F)c(Br)c2N1. The molecule has 1 aromatic carbocycles. The number of fused-ring (bicyclic) bond motifs is 1. The van der Waals surface area contributed by atoms with Gasteiger partial charge in [-0.05, 0) is 45.8 Å². The van der Waals surface area contributed by atoms with Gasteiger partial charge >= 0.3 is 0 Å². The van der Waals surface area contributed by atoms with Gasteiger partial charge in [0.15, 0.2) is 11.6 Å². The molecule has 1 aliphatic heterocycles. The molecule has 0 saturated heterocycles. The summed E-state index contributed by atoms with van der Waals surface area (Å²) in [6, 6.07) is 1.57. The van der Waals surface area contributed by atoms with E-state index in [0.717, 1.165) is 18.4 Å². The third kappa shape index (κ3) is 2.32. The smallest absolute Gasteiger partial charge is 0.175 e. The molecule has 1 atom stereocenters. The van der Waals surface area contributed by atoms with Crippen LogP contribution >= 0.6 is 15.9 Å². The van der Waals surface area contributed by atoms with Crippen LogP contribution in [0.4, 0.5) is 14.5 Å². The highest BCUT2D eigenvalue weighted by atomic mass is 79.9. The fourth-order valence-corrected chi connectivity index (χ4v) is 2.75. The number of rotatable bonds is 0. The third-order valence-electron chi connectivity index (χ3n) is 3.31. The Kier molecular flexibility index (Phi) is 3.19. The second-order valence-electron chi connectivity index (χ2n) is 5.62. The van der Waals surface area contributed by atoms with E-state index in [1.807, 2.05) is 0 Å². The zero-order valence-electron chi connectivity index (χ0n) is 10.2. The Morgan fingerprint density at radius 2 is 2.00 bits per heavy atom. The largest absolute Gasteiger partial charge is 0.381 e. The molecule has 0 saturated carbocycles. The fourth-order valence-electron chi connectivity index (χ4n) is 2.19. The van der Waals surface area contributed by atoms with Gasteiger partial charge in [-0.2, -0.15) is 0 Å². The quantitative estimate of drug-likeness (QED) is 0.696. The van der Waals surface area contributed by atoms with E-state index in [9.17, 15) is 8.78 Å². The minimum atomic E-state index is -0.814. The molecule has 2 rings (SSSR count). The van der Waals surface area contributed by atoms with Crippen molar-refractivity contribution in [1.82, 2.24) is 0 Å². The molecule has 0 radical (unpaired) electrons. The van der Waals surface area contributed by atoms with E-state index >= 15 is 0 Å². The lowest BCUT2D eigenvalue weighted by Crippen LogP contribution is -2.37. The first kappa shape index (κ1) is 12.8. The van der Waals surface area contributed by atoms with E-state index in [2.05, 4.69) is 42.0 Å². The van der Waals surface area contributed by atoms with Crippen LogP contribution in [0.3, 0.4) is 0 Å². The van der Waals surface area contributed by atoms with Crippen LogP contribution in [0.15, 0.2) is 10.5 Å². The van der Waals surface area contributed by atoms with E-state index in [0.29, 0.717) is 5.69 Å². The number of anilines is 1. The number of benzene rings is 1. The maximum absolute atomic E-state index is 13.5. The molecule has 1 N–H and O–H groups in total. The number of aryl methyl sites for hydroxylation is 1. The van der Waals surface area contributed by atoms with Crippen molar-refractivity contribution >= 4 is 21.6 Å². The molecular formula is C13H16BrF2N. The molecule has 94 valence electrons. The molecule has 1 aromatic rings. The predicted octanol–water partition coefficient (Wildman–Crippen LogP) is 4.50. The normalized spacial score (nSPS) is 19.8. The average molecular weight is 304 g/mol. The second kappa shape index (κ2) is 4.23. The van der Waals surface area contributed by atoms with E-state index < -0.39 is 11.6 Å². The summed E-state index contributed by atoms with van der Waals surface area (Å²) in [5, 5.41) is 3.32. The Balaban J connectivity index is 2.41. The van der Waals surface area contributed by atoms with Crippen molar-refractivity contribution in [2.75, 3.05) is 5.32 Å². The molecule has 0 amide bonds. The summed E-state index contributed by atoms with van der Waals surface area (Å²) < 4.78 is 27.0. The van der Waals surface area contributed by atoms with Gasteiger partial charge in [-0.25, -0.2) is 8.78 Å². The highest BCUT2D eigenvalue weighted by molar-refractivity contribution is 9.10. The molecule has 0 fully saturated rings. The Hall–Kier alpha value is -0.640. The highest BCUT2D eigenvalue weighted by Crippen LogP contribution is 2.39. The van der Waals surface area contributed by atoms with Gasteiger partial charge in [0.2, 0.25) is 0 Å². The number of hydrogen-bond acceptors (Lipinski definition) is 1. The summed E-state index contributed by atoms with van der Waals surface area (Å²) in [7, 11) is 0. The number of hydrogen-bond donors (Lipinski definition) is 1. The zero-order chi connectivity index (χ0) is 12.8. The molecular weight excluding hydrogens is 288 g/mol. The predicted molar refractivity (Wildman–Crippen MR) is 69.2 cm³/mol. The van der Waals surface area contributed by atoms with Crippen LogP contribution in [0, 0.1) is 17.0 Å². The van der Waals surface area contributed by atoms with E-state index in [-0.39, 0.29) is 15.9 Å². The van der Waals surface area contributed by atoms with Crippen molar-refractivity contribution in [2.45, 2.75) is 39.7 Å². The number of nitrogens with one attached hydrogen (secondary N) is 1. The summed E-state index contributed by atoms with van der Waals surface area (Å²) in [5.74, 6) is -1.60. The summed E-state index contributed by atoms with van der Waals surface area (Å²) in [6.45, 7) is 6.43. The van der Waals surface area contributed by atoms with Crippen LogP contribution in [0.2, 0.25) is 0 Å². The maximum Gasteiger partial charge on any atom is 0.175 e. The Morgan fingerprint density at radius 1 is 1.35 bits per heavy atom. The standard InChI is InChI=1S/C13H16BrF2N/c1-13(2,3)9-5-4-7-6-8(15)11(16)10(14)12(7)17-9/h6,9,17H,4-5H2,1-3H3. The van der Waals surface area contributed by atoms with Gasteiger partial charge in [0.1, 0.15) is 0 Å². The molecule has 0 aromatic heterocycles. The van der Waals surface area contributed by atoms with Crippen molar-refractivity contribution in [3.63, 3.8) is 0 Å². The van der Waals surface area contributed by atoms with Crippen LogP contribution in [0.5, 0.6) is 0 Å². The van der Waals surface area contributed by atoms with E-state index in [1.165, 1.54) is 6.07 Å². The summed E-state index contributed by atoms with van der Waals surface area (Å²) in [5.41, 5.74) is 1.65. The molecule has 1 heterocycles. The Bertz CT molecular complexity index is 452. The van der Waals surface area contributed by atoms with Crippen LogP contribution in [0.1, 0.15) is 32.8 Å². The molecule has 4 heteroatoms. The van der Waals surface area contributed by atoms with Crippen molar-refractivity contribution < 1.29 is 8.78 Å². The third-order valence-corrected chi connectivity index (χ3v) is 4.05. The molecule has 0 bridgehead atoms. The Labute approximate surface area is 109 Å². The maximum atomic E-state index is 13.5. The van der Waals surface area contributed by atoms with E-state index in [1.54, 1.807) is 0 Å².